The monoisotopic (exact) mass is 195 g/mol. The van der Waals surface area contributed by atoms with Gasteiger partial charge in [-0.3, -0.25) is 0 Å². The van der Waals surface area contributed by atoms with Gasteiger partial charge in [0, 0.05) is 6.04 Å². The molecule has 0 aromatic carbocycles. The van der Waals surface area contributed by atoms with E-state index in [0.717, 1.165) is 23.8 Å². The Labute approximate surface area is 88.7 Å². The lowest BCUT2D eigenvalue weighted by atomic mass is 9.78. The largest absolute Gasteiger partial charge is 0.314 e. The van der Waals surface area contributed by atoms with Gasteiger partial charge in [-0.2, -0.15) is 0 Å². The van der Waals surface area contributed by atoms with Crippen molar-refractivity contribution in [3.8, 4) is 0 Å². The summed E-state index contributed by atoms with van der Waals surface area (Å²) in [4.78, 5) is 0. The van der Waals surface area contributed by atoms with Crippen molar-refractivity contribution >= 4 is 0 Å². The lowest BCUT2D eigenvalue weighted by Crippen LogP contribution is -2.43. The summed E-state index contributed by atoms with van der Waals surface area (Å²) in [7, 11) is 0. The first kappa shape index (κ1) is 10.5. The Kier molecular flexibility index (Phi) is 3.48. The molecule has 0 saturated heterocycles. The van der Waals surface area contributed by atoms with Crippen LogP contribution in [0, 0.1) is 17.8 Å². The summed E-state index contributed by atoms with van der Waals surface area (Å²) in [5, 5.41) is 3.75. The minimum absolute atomic E-state index is 0.860. The molecule has 1 heteroatoms. The summed E-state index contributed by atoms with van der Waals surface area (Å²) in [6, 6.07) is 0.860. The van der Waals surface area contributed by atoms with Crippen molar-refractivity contribution in [3.63, 3.8) is 0 Å². The number of hydrogen-bond donors (Lipinski definition) is 1. The highest BCUT2D eigenvalue weighted by atomic mass is 14.9. The van der Waals surface area contributed by atoms with E-state index in [1.54, 1.807) is 0 Å². The Hall–Kier alpha value is -0.0400. The molecule has 0 aromatic rings. The lowest BCUT2D eigenvalue weighted by Gasteiger charge is -2.36. The third kappa shape index (κ3) is 2.50. The van der Waals surface area contributed by atoms with Crippen molar-refractivity contribution in [2.45, 2.75) is 58.4 Å². The van der Waals surface area contributed by atoms with Crippen molar-refractivity contribution in [1.82, 2.24) is 5.32 Å². The van der Waals surface area contributed by atoms with Crippen molar-refractivity contribution in [3.05, 3.63) is 0 Å². The molecule has 0 spiro atoms. The predicted octanol–water partition coefficient (Wildman–Crippen LogP) is 3.20. The van der Waals surface area contributed by atoms with Crippen molar-refractivity contribution < 1.29 is 0 Å². The molecular weight excluding hydrogens is 170 g/mol. The predicted molar refractivity (Wildman–Crippen MR) is 61.3 cm³/mol. The molecule has 0 aromatic heterocycles. The third-order valence-electron chi connectivity index (χ3n) is 4.33. The quantitative estimate of drug-likeness (QED) is 0.729. The molecule has 0 radical (unpaired) electrons. The molecule has 2 saturated carbocycles. The molecule has 2 unspecified atom stereocenters. The maximum atomic E-state index is 3.75. The Balaban J connectivity index is 1.64. The minimum Gasteiger partial charge on any atom is -0.314 e. The number of nitrogens with one attached hydrogen (secondary N) is 1. The van der Waals surface area contributed by atoms with Crippen molar-refractivity contribution in [2.24, 2.45) is 17.8 Å². The van der Waals surface area contributed by atoms with Crippen molar-refractivity contribution in [2.75, 3.05) is 6.54 Å². The Morgan fingerprint density at radius 3 is 2.43 bits per heavy atom. The van der Waals surface area contributed by atoms with E-state index in [0.29, 0.717) is 0 Å². The summed E-state index contributed by atoms with van der Waals surface area (Å²) in [6.45, 7) is 6.09. The fraction of sp³-hybridized carbons (Fsp3) is 1.00. The molecule has 2 fully saturated rings. The number of hydrogen-bond acceptors (Lipinski definition) is 1. The summed E-state index contributed by atoms with van der Waals surface area (Å²) in [5.41, 5.74) is 0. The smallest absolute Gasteiger partial charge is 0.00722 e. The molecule has 0 aliphatic heterocycles. The molecule has 82 valence electrons. The fourth-order valence-electron chi connectivity index (χ4n) is 3.08. The molecule has 0 heterocycles. The van der Waals surface area contributed by atoms with Gasteiger partial charge >= 0.3 is 0 Å². The highest BCUT2D eigenvalue weighted by Crippen LogP contribution is 2.31. The highest BCUT2D eigenvalue weighted by Gasteiger charge is 2.27. The van der Waals surface area contributed by atoms with Crippen LogP contribution >= 0.6 is 0 Å². The van der Waals surface area contributed by atoms with Crippen LogP contribution in [-0.4, -0.2) is 12.6 Å². The van der Waals surface area contributed by atoms with Gasteiger partial charge in [0.2, 0.25) is 0 Å². The second-order valence-corrected chi connectivity index (χ2v) is 5.70. The Bertz CT molecular complexity index is 172. The maximum absolute atomic E-state index is 3.75. The third-order valence-corrected chi connectivity index (χ3v) is 4.33. The Morgan fingerprint density at radius 1 is 1.07 bits per heavy atom. The molecule has 0 amide bonds. The molecule has 0 bridgehead atoms. The zero-order valence-electron chi connectivity index (χ0n) is 9.76. The molecule has 2 aliphatic rings. The van der Waals surface area contributed by atoms with Crippen LogP contribution in [0.25, 0.3) is 0 Å². The van der Waals surface area contributed by atoms with E-state index in [4.69, 9.17) is 0 Å². The van der Waals surface area contributed by atoms with Gasteiger partial charge in [-0.05, 0) is 43.6 Å². The second kappa shape index (κ2) is 4.65. The molecule has 1 N–H and O–H groups in total. The Morgan fingerprint density at radius 2 is 1.79 bits per heavy atom. The standard InChI is InChI=1S/C13H25N/c1-10-7-13(8-10)14-9-12-6-4-3-5-11(12)2/h10-14H,3-9H2,1-2H3. The van der Waals surface area contributed by atoms with E-state index in [2.05, 4.69) is 19.2 Å². The van der Waals surface area contributed by atoms with Gasteiger partial charge in [0.15, 0.2) is 0 Å². The van der Waals surface area contributed by atoms with Gasteiger partial charge in [0.25, 0.3) is 0 Å². The topological polar surface area (TPSA) is 12.0 Å². The van der Waals surface area contributed by atoms with Gasteiger partial charge < -0.3 is 5.32 Å². The summed E-state index contributed by atoms with van der Waals surface area (Å²) >= 11 is 0. The average Bonchev–Trinajstić information content (AvgIpc) is 2.13. The van der Waals surface area contributed by atoms with Crippen LogP contribution in [0.3, 0.4) is 0 Å². The summed E-state index contributed by atoms with van der Waals surface area (Å²) < 4.78 is 0. The van der Waals surface area contributed by atoms with E-state index in [-0.39, 0.29) is 0 Å². The summed E-state index contributed by atoms with van der Waals surface area (Å²) in [5.74, 6) is 2.92. The first-order valence-corrected chi connectivity index (χ1v) is 6.49. The highest BCUT2D eigenvalue weighted by molar-refractivity contribution is 4.84. The molecule has 2 atom stereocenters. The summed E-state index contributed by atoms with van der Waals surface area (Å²) in [6.07, 6.45) is 8.71. The maximum Gasteiger partial charge on any atom is 0.00722 e. The van der Waals surface area contributed by atoms with Crippen LogP contribution in [0.15, 0.2) is 0 Å². The van der Waals surface area contributed by atoms with Crippen LogP contribution in [0.5, 0.6) is 0 Å². The van der Waals surface area contributed by atoms with Crippen LogP contribution in [-0.2, 0) is 0 Å². The SMILES string of the molecule is CC1CC(NCC2CCCCC2C)C1. The zero-order valence-corrected chi connectivity index (χ0v) is 9.76. The average molecular weight is 195 g/mol. The molecule has 2 aliphatic carbocycles. The van der Waals surface area contributed by atoms with Gasteiger partial charge in [0.05, 0.1) is 0 Å². The van der Waals surface area contributed by atoms with E-state index >= 15 is 0 Å². The van der Waals surface area contributed by atoms with Crippen LogP contribution < -0.4 is 5.32 Å². The van der Waals surface area contributed by atoms with Crippen LogP contribution in [0.2, 0.25) is 0 Å². The fourth-order valence-corrected chi connectivity index (χ4v) is 3.08. The molecule has 1 nitrogen and oxygen atoms in total. The first-order chi connectivity index (χ1) is 6.75. The van der Waals surface area contributed by atoms with E-state index < -0.39 is 0 Å². The lowest BCUT2D eigenvalue weighted by molar-refractivity contribution is 0.195. The van der Waals surface area contributed by atoms with Crippen LogP contribution in [0.1, 0.15) is 52.4 Å². The van der Waals surface area contributed by atoms with Gasteiger partial charge in [-0.25, -0.2) is 0 Å². The van der Waals surface area contributed by atoms with Crippen molar-refractivity contribution in [1.29, 1.82) is 0 Å². The van der Waals surface area contributed by atoms with E-state index in [9.17, 15) is 0 Å². The molecular formula is C13H25N. The van der Waals surface area contributed by atoms with E-state index in [1.807, 2.05) is 0 Å². The van der Waals surface area contributed by atoms with Gasteiger partial charge in [0.1, 0.15) is 0 Å². The normalized spacial score (nSPS) is 43.3. The number of rotatable bonds is 3. The van der Waals surface area contributed by atoms with Gasteiger partial charge in [-0.15, -0.1) is 0 Å². The second-order valence-electron chi connectivity index (χ2n) is 5.70. The van der Waals surface area contributed by atoms with Gasteiger partial charge in [-0.1, -0.05) is 33.1 Å². The zero-order chi connectivity index (χ0) is 9.97. The van der Waals surface area contributed by atoms with E-state index in [1.165, 1.54) is 45.1 Å². The van der Waals surface area contributed by atoms with Crippen LogP contribution in [0.4, 0.5) is 0 Å². The molecule has 2 rings (SSSR count). The first-order valence-electron chi connectivity index (χ1n) is 6.49. The molecule has 14 heavy (non-hydrogen) atoms. The minimum atomic E-state index is 0.860.